The van der Waals surface area contributed by atoms with Gasteiger partial charge in [-0.1, -0.05) is 57.9 Å². The summed E-state index contributed by atoms with van der Waals surface area (Å²) in [5, 5.41) is 0.715. The van der Waals surface area contributed by atoms with Crippen LogP contribution in [0.3, 0.4) is 0 Å². The van der Waals surface area contributed by atoms with E-state index in [2.05, 4.69) is 15.9 Å². The lowest BCUT2D eigenvalue weighted by atomic mass is 10.1. The number of halogens is 1. The predicted molar refractivity (Wildman–Crippen MR) is 88.9 cm³/mol. The molecular formula is C16H18BrNO2S. The van der Waals surface area contributed by atoms with Crippen LogP contribution in [0.15, 0.2) is 53.4 Å². The van der Waals surface area contributed by atoms with E-state index in [9.17, 15) is 8.42 Å². The van der Waals surface area contributed by atoms with Crippen molar-refractivity contribution in [2.75, 3.05) is 7.05 Å². The molecule has 0 aliphatic rings. The summed E-state index contributed by atoms with van der Waals surface area (Å²) < 4.78 is 26.5. The molecule has 0 N–H and O–H groups in total. The quantitative estimate of drug-likeness (QED) is 0.755. The lowest BCUT2D eigenvalue weighted by Crippen LogP contribution is -2.26. The molecule has 0 spiro atoms. The smallest absolute Gasteiger partial charge is 0.207 e. The van der Waals surface area contributed by atoms with Gasteiger partial charge in [0.25, 0.3) is 0 Å². The number of sulfonamides is 1. The fourth-order valence-electron chi connectivity index (χ4n) is 2.08. The molecule has 0 aliphatic heterocycles. The van der Waals surface area contributed by atoms with Gasteiger partial charge in [-0.3, -0.25) is 0 Å². The highest BCUT2D eigenvalue weighted by Crippen LogP contribution is 2.18. The molecule has 0 heterocycles. The zero-order valence-corrected chi connectivity index (χ0v) is 14.5. The second-order valence-corrected chi connectivity index (χ2v) is 7.63. The molecule has 0 radical (unpaired) electrons. The average molecular weight is 368 g/mol. The molecule has 0 atom stereocenters. The molecule has 0 aromatic heterocycles. The number of rotatable bonds is 5. The summed E-state index contributed by atoms with van der Waals surface area (Å²) in [6, 6.07) is 14.8. The van der Waals surface area contributed by atoms with Gasteiger partial charge in [-0.2, -0.15) is 4.31 Å². The Kier molecular flexibility index (Phi) is 5.19. The Labute approximate surface area is 134 Å². The van der Waals surface area contributed by atoms with E-state index < -0.39 is 10.0 Å². The first-order chi connectivity index (χ1) is 9.93. The summed E-state index contributed by atoms with van der Waals surface area (Å²) in [6.45, 7) is 2.36. The van der Waals surface area contributed by atoms with Crippen molar-refractivity contribution in [3.05, 3.63) is 65.2 Å². The van der Waals surface area contributed by atoms with E-state index in [0.717, 1.165) is 16.7 Å². The third kappa shape index (κ3) is 3.93. The number of hydrogen-bond acceptors (Lipinski definition) is 2. The van der Waals surface area contributed by atoms with E-state index in [1.54, 1.807) is 19.2 Å². The molecule has 0 fully saturated rings. The second kappa shape index (κ2) is 6.73. The highest BCUT2D eigenvalue weighted by Gasteiger charge is 2.20. The van der Waals surface area contributed by atoms with Crippen molar-refractivity contribution in [3.8, 4) is 0 Å². The molecule has 2 aromatic rings. The normalized spacial score (nSPS) is 11.8. The standard InChI is InChI=1S/C16H18BrNO2S/c1-13-4-3-5-15(10-13)12-18(2)21(19,20)16-8-6-14(11-17)7-9-16/h3-10H,11-12H2,1-2H3. The third-order valence-electron chi connectivity index (χ3n) is 3.27. The van der Waals surface area contributed by atoms with Crippen LogP contribution in [0.4, 0.5) is 0 Å². The van der Waals surface area contributed by atoms with Gasteiger partial charge >= 0.3 is 0 Å². The number of aryl methyl sites for hydroxylation is 1. The maximum absolute atomic E-state index is 12.5. The molecule has 2 rings (SSSR count). The third-order valence-corrected chi connectivity index (χ3v) is 5.74. The van der Waals surface area contributed by atoms with Crippen molar-refractivity contribution < 1.29 is 8.42 Å². The second-order valence-electron chi connectivity index (χ2n) is 5.03. The van der Waals surface area contributed by atoms with Gasteiger partial charge in [-0.05, 0) is 30.2 Å². The van der Waals surface area contributed by atoms with E-state index in [-0.39, 0.29) is 0 Å². The van der Waals surface area contributed by atoms with Crippen molar-refractivity contribution in [2.45, 2.75) is 23.7 Å². The number of alkyl halides is 1. The van der Waals surface area contributed by atoms with Crippen LogP contribution >= 0.6 is 15.9 Å². The number of hydrogen-bond donors (Lipinski definition) is 0. The van der Waals surface area contributed by atoms with Crippen LogP contribution < -0.4 is 0 Å². The van der Waals surface area contributed by atoms with Crippen LogP contribution in [-0.2, 0) is 21.9 Å². The van der Waals surface area contributed by atoms with Crippen LogP contribution in [0.2, 0.25) is 0 Å². The SMILES string of the molecule is Cc1cccc(CN(C)S(=O)(=O)c2ccc(CBr)cc2)c1. The molecule has 112 valence electrons. The van der Waals surface area contributed by atoms with Crippen molar-refractivity contribution in [1.82, 2.24) is 4.31 Å². The highest BCUT2D eigenvalue weighted by atomic mass is 79.9. The van der Waals surface area contributed by atoms with Crippen LogP contribution in [0, 0.1) is 6.92 Å². The van der Waals surface area contributed by atoms with Crippen molar-refractivity contribution >= 4 is 26.0 Å². The number of benzene rings is 2. The molecule has 2 aromatic carbocycles. The molecule has 0 bridgehead atoms. The van der Waals surface area contributed by atoms with E-state index in [0.29, 0.717) is 16.8 Å². The van der Waals surface area contributed by atoms with E-state index in [1.165, 1.54) is 4.31 Å². The van der Waals surface area contributed by atoms with E-state index in [1.807, 2.05) is 43.3 Å². The molecule has 21 heavy (non-hydrogen) atoms. The molecule has 0 saturated carbocycles. The van der Waals surface area contributed by atoms with Gasteiger partial charge in [0.1, 0.15) is 0 Å². The molecule has 0 saturated heterocycles. The summed E-state index contributed by atoms with van der Waals surface area (Å²) in [5.41, 5.74) is 3.16. The lowest BCUT2D eigenvalue weighted by molar-refractivity contribution is 0.466. The fraction of sp³-hybridized carbons (Fsp3) is 0.250. The zero-order valence-electron chi connectivity index (χ0n) is 12.1. The molecular weight excluding hydrogens is 350 g/mol. The average Bonchev–Trinajstić information content (AvgIpc) is 2.47. The van der Waals surface area contributed by atoms with Gasteiger partial charge in [0.15, 0.2) is 0 Å². The van der Waals surface area contributed by atoms with Gasteiger partial charge in [0.05, 0.1) is 4.90 Å². The Morgan fingerprint density at radius 1 is 1.05 bits per heavy atom. The van der Waals surface area contributed by atoms with Crippen LogP contribution in [0.1, 0.15) is 16.7 Å². The Hall–Kier alpha value is -1.17. The van der Waals surface area contributed by atoms with E-state index in [4.69, 9.17) is 0 Å². The van der Waals surface area contributed by atoms with Crippen LogP contribution in [0.25, 0.3) is 0 Å². The van der Waals surface area contributed by atoms with Crippen molar-refractivity contribution in [2.24, 2.45) is 0 Å². The fourth-order valence-corrected chi connectivity index (χ4v) is 3.62. The monoisotopic (exact) mass is 367 g/mol. The van der Waals surface area contributed by atoms with Crippen molar-refractivity contribution in [1.29, 1.82) is 0 Å². The molecule has 0 aliphatic carbocycles. The Balaban J connectivity index is 2.21. The van der Waals surface area contributed by atoms with Gasteiger partial charge < -0.3 is 0 Å². The summed E-state index contributed by atoms with van der Waals surface area (Å²) >= 11 is 3.35. The summed E-state index contributed by atoms with van der Waals surface area (Å²) in [6.07, 6.45) is 0. The van der Waals surface area contributed by atoms with Crippen LogP contribution in [0.5, 0.6) is 0 Å². The first kappa shape index (κ1) is 16.2. The molecule has 0 unspecified atom stereocenters. The Bertz CT molecular complexity index is 711. The molecule has 3 nitrogen and oxygen atoms in total. The number of nitrogens with zero attached hydrogens (tertiary/aromatic N) is 1. The van der Waals surface area contributed by atoms with E-state index >= 15 is 0 Å². The summed E-state index contributed by atoms with van der Waals surface area (Å²) in [7, 11) is -1.85. The topological polar surface area (TPSA) is 37.4 Å². The largest absolute Gasteiger partial charge is 0.243 e. The van der Waals surface area contributed by atoms with Gasteiger partial charge in [0, 0.05) is 18.9 Å². The highest BCUT2D eigenvalue weighted by molar-refractivity contribution is 9.08. The maximum atomic E-state index is 12.5. The molecule has 0 amide bonds. The van der Waals surface area contributed by atoms with Gasteiger partial charge in [-0.25, -0.2) is 8.42 Å². The molecule has 5 heteroatoms. The summed E-state index contributed by atoms with van der Waals surface area (Å²) in [5.74, 6) is 0. The predicted octanol–water partition coefficient (Wildman–Crippen LogP) is 3.71. The minimum Gasteiger partial charge on any atom is -0.207 e. The maximum Gasteiger partial charge on any atom is 0.243 e. The first-order valence-electron chi connectivity index (χ1n) is 6.60. The minimum absolute atomic E-state index is 0.322. The zero-order chi connectivity index (χ0) is 15.5. The van der Waals surface area contributed by atoms with Crippen LogP contribution in [-0.4, -0.2) is 19.8 Å². The van der Waals surface area contributed by atoms with Crippen molar-refractivity contribution in [3.63, 3.8) is 0 Å². The lowest BCUT2D eigenvalue weighted by Gasteiger charge is -2.17. The van der Waals surface area contributed by atoms with Gasteiger partial charge in [-0.15, -0.1) is 0 Å². The summed E-state index contributed by atoms with van der Waals surface area (Å²) in [4.78, 5) is 0.322. The Morgan fingerprint density at radius 3 is 2.29 bits per heavy atom. The first-order valence-corrected chi connectivity index (χ1v) is 9.16. The minimum atomic E-state index is -3.46. The Morgan fingerprint density at radius 2 is 1.71 bits per heavy atom. The van der Waals surface area contributed by atoms with Gasteiger partial charge in [0.2, 0.25) is 10.0 Å².